The second kappa shape index (κ2) is 6.04. The van der Waals surface area contributed by atoms with Gasteiger partial charge in [0.05, 0.1) is 0 Å². The molecule has 0 heterocycles. The van der Waals surface area contributed by atoms with Gasteiger partial charge in [0.2, 0.25) is 0 Å². The Labute approximate surface area is 120 Å². The predicted octanol–water partition coefficient (Wildman–Crippen LogP) is 5.00. The highest BCUT2D eigenvalue weighted by atomic mass is 16.1. The number of hydrogen-bond donors (Lipinski definition) is 0. The monoisotopic (exact) mass is 264 g/mol. The molecule has 0 N–H and O–H groups in total. The highest BCUT2D eigenvalue weighted by molar-refractivity contribution is 5.90. The molecule has 1 aliphatic carbocycles. The first-order valence-electron chi connectivity index (χ1n) is 7.51. The van der Waals surface area contributed by atoms with Gasteiger partial charge in [0.1, 0.15) is 5.78 Å². The fraction of sp³-hybridized carbons (Fsp3) is 0.316. The second-order valence-corrected chi connectivity index (χ2v) is 5.62. The zero-order valence-electron chi connectivity index (χ0n) is 11.7. The standard InChI is InChI=1S/C19H20O/c20-19-14-4-2-8-17(19)12-6-11-16-10-5-9-15-7-1-3-13-18(15)16/h1,3,5-7,9-11,13,17H,2,4,8,12,14H2/b11-6+/t17-/m1/s1. The molecule has 1 heteroatoms. The molecule has 20 heavy (non-hydrogen) atoms. The summed E-state index contributed by atoms with van der Waals surface area (Å²) in [5.41, 5.74) is 1.24. The van der Waals surface area contributed by atoms with E-state index in [2.05, 4.69) is 54.6 Å². The molecule has 1 nitrogen and oxygen atoms in total. The van der Waals surface area contributed by atoms with E-state index in [1.54, 1.807) is 0 Å². The van der Waals surface area contributed by atoms with E-state index in [1.165, 1.54) is 22.8 Å². The summed E-state index contributed by atoms with van der Waals surface area (Å²) in [6, 6.07) is 14.8. The van der Waals surface area contributed by atoms with Crippen LogP contribution >= 0.6 is 0 Å². The van der Waals surface area contributed by atoms with Crippen molar-refractivity contribution in [2.45, 2.75) is 32.1 Å². The van der Waals surface area contributed by atoms with Gasteiger partial charge in [-0.25, -0.2) is 0 Å². The van der Waals surface area contributed by atoms with Crippen molar-refractivity contribution in [1.29, 1.82) is 0 Å². The van der Waals surface area contributed by atoms with Crippen molar-refractivity contribution in [1.82, 2.24) is 0 Å². The number of Topliss-reactive ketones (excluding diaryl/α,β-unsaturated/α-hetero) is 1. The van der Waals surface area contributed by atoms with E-state index < -0.39 is 0 Å². The number of rotatable bonds is 3. The van der Waals surface area contributed by atoms with E-state index in [0.717, 1.165) is 25.7 Å². The van der Waals surface area contributed by atoms with E-state index in [0.29, 0.717) is 5.78 Å². The van der Waals surface area contributed by atoms with Gasteiger partial charge in [-0.1, -0.05) is 61.0 Å². The lowest BCUT2D eigenvalue weighted by Crippen LogP contribution is -2.17. The molecule has 3 rings (SSSR count). The number of carbonyl (C=O) groups is 1. The van der Waals surface area contributed by atoms with Gasteiger partial charge < -0.3 is 0 Å². The normalized spacial score (nSPS) is 19.8. The van der Waals surface area contributed by atoms with Gasteiger partial charge in [0.25, 0.3) is 0 Å². The Morgan fingerprint density at radius 3 is 2.80 bits per heavy atom. The Bertz CT molecular complexity index is 634. The molecule has 2 aromatic carbocycles. The van der Waals surface area contributed by atoms with Gasteiger partial charge in [0, 0.05) is 12.3 Å². The number of ketones is 1. The van der Waals surface area contributed by atoms with E-state index >= 15 is 0 Å². The zero-order valence-corrected chi connectivity index (χ0v) is 11.7. The maximum atomic E-state index is 11.8. The molecule has 102 valence electrons. The molecule has 1 atom stereocenters. The summed E-state index contributed by atoms with van der Waals surface area (Å²) >= 11 is 0. The lowest BCUT2D eigenvalue weighted by molar-refractivity contribution is -0.124. The minimum absolute atomic E-state index is 0.259. The SMILES string of the molecule is O=C1CCCC[C@@H]1C/C=C/c1cccc2ccccc12. The van der Waals surface area contributed by atoms with Crippen molar-refractivity contribution in [3.63, 3.8) is 0 Å². The third kappa shape index (κ3) is 2.82. The van der Waals surface area contributed by atoms with Crippen LogP contribution in [-0.2, 0) is 4.79 Å². The van der Waals surface area contributed by atoms with Gasteiger partial charge in [-0.15, -0.1) is 0 Å². The van der Waals surface area contributed by atoms with Crippen LogP contribution in [0.5, 0.6) is 0 Å². The molecule has 0 radical (unpaired) electrons. The number of allylic oxidation sites excluding steroid dienone is 1. The van der Waals surface area contributed by atoms with Crippen LogP contribution in [0.1, 0.15) is 37.7 Å². The number of fused-ring (bicyclic) bond motifs is 1. The largest absolute Gasteiger partial charge is 0.299 e. The van der Waals surface area contributed by atoms with Crippen LogP contribution in [0.3, 0.4) is 0 Å². The van der Waals surface area contributed by atoms with Gasteiger partial charge in [-0.05, 0) is 35.6 Å². The Hall–Kier alpha value is -1.89. The van der Waals surface area contributed by atoms with Crippen molar-refractivity contribution < 1.29 is 4.79 Å². The molecule has 0 aromatic heterocycles. The van der Waals surface area contributed by atoms with Crippen molar-refractivity contribution in [3.8, 4) is 0 Å². The van der Waals surface area contributed by atoms with Gasteiger partial charge in [-0.3, -0.25) is 4.79 Å². The summed E-state index contributed by atoms with van der Waals surface area (Å²) in [6.45, 7) is 0. The lowest BCUT2D eigenvalue weighted by atomic mass is 9.85. The summed E-state index contributed by atoms with van der Waals surface area (Å²) in [6.07, 6.45) is 9.38. The molecular weight excluding hydrogens is 244 g/mol. The topological polar surface area (TPSA) is 17.1 Å². The Morgan fingerprint density at radius 1 is 1.05 bits per heavy atom. The molecule has 0 spiro atoms. The van der Waals surface area contributed by atoms with Crippen molar-refractivity contribution in [2.75, 3.05) is 0 Å². The predicted molar refractivity (Wildman–Crippen MR) is 84.6 cm³/mol. The molecule has 0 bridgehead atoms. The average Bonchev–Trinajstić information content (AvgIpc) is 2.49. The van der Waals surface area contributed by atoms with Gasteiger partial charge >= 0.3 is 0 Å². The Balaban J connectivity index is 1.76. The van der Waals surface area contributed by atoms with Crippen LogP contribution in [0.4, 0.5) is 0 Å². The molecule has 1 fully saturated rings. The van der Waals surface area contributed by atoms with Crippen LogP contribution in [0.2, 0.25) is 0 Å². The minimum atomic E-state index is 0.259. The first-order valence-corrected chi connectivity index (χ1v) is 7.51. The van der Waals surface area contributed by atoms with Crippen molar-refractivity contribution in [2.24, 2.45) is 5.92 Å². The molecule has 1 saturated carbocycles. The highest BCUT2D eigenvalue weighted by Crippen LogP contribution is 2.25. The number of benzene rings is 2. The van der Waals surface area contributed by atoms with Gasteiger partial charge in [-0.2, -0.15) is 0 Å². The van der Waals surface area contributed by atoms with E-state index in [-0.39, 0.29) is 5.92 Å². The number of carbonyl (C=O) groups excluding carboxylic acids is 1. The molecule has 2 aromatic rings. The maximum Gasteiger partial charge on any atom is 0.136 e. The molecule has 0 unspecified atom stereocenters. The minimum Gasteiger partial charge on any atom is -0.299 e. The Kier molecular flexibility index (Phi) is 3.96. The lowest BCUT2D eigenvalue weighted by Gasteiger charge is -2.18. The smallest absolute Gasteiger partial charge is 0.136 e. The molecule has 0 aliphatic heterocycles. The number of hydrogen-bond acceptors (Lipinski definition) is 1. The zero-order chi connectivity index (χ0) is 13.8. The first-order chi connectivity index (χ1) is 9.84. The quantitative estimate of drug-likeness (QED) is 0.762. The molecule has 0 amide bonds. The third-order valence-electron chi connectivity index (χ3n) is 4.22. The van der Waals surface area contributed by atoms with Crippen LogP contribution < -0.4 is 0 Å². The summed E-state index contributed by atoms with van der Waals surface area (Å²) in [5, 5.41) is 2.55. The van der Waals surface area contributed by atoms with E-state index in [1.807, 2.05) is 0 Å². The third-order valence-corrected chi connectivity index (χ3v) is 4.22. The summed E-state index contributed by atoms with van der Waals surface area (Å²) in [5.74, 6) is 0.716. The van der Waals surface area contributed by atoms with Crippen molar-refractivity contribution in [3.05, 3.63) is 54.1 Å². The second-order valence-electron chi connectivity index (χ2n) is 5.62. The molecular formula is C19H20O. The summed E-state index contributed by atoms with van der Waals surface area (Å²) < 4.78 is 0. The average molecular weight is 264 g/mol. The molecule has 1 aliphatic rings. The van der Waals surface area contributed by atoms with E-state index in [9.17, 15) is 4.79 Å². The molecule has 0 saturated heterocycles. The Morgan fingerprint density at radius 2 is 1.90 bits per heavy atom. The fourth-order valence-corrected chi connectivity index (χ4v) is 3.06. The van der Waals surface area contributed by atoms with Crippen LogP contribution in [-0.4, -0.2) is 5.78 Å². The van der Waals surface area contributed by atoms with Crippen LogP contribution in [0.25, 0.3) is 16.8 Å². The van der Waals surface area contributed by atoms with E-state index in [4.69, 9.17) is 0 Å². The summed E-state index contributed by atoms with van der Waals surface area (Å²) in [7, 11) is 0. The van der Waals surface area contributed by atoms with Crippen molar-refractivity contribution >= 4 is 22.6 Å². The fourth-order valence-electron chi connectivity index (χ4n) is 3.06. The highest BCUT2D eigenvalue weighted by Gasteiger charge is 2.20. The first kappa shape index (κ1) is 13.1. The maximum absolute atomic E-state index is 11.8. The van der Waals surface area contributed by atoms with Crippen LogP contribution in [0.15, 0.2) is 48.5 Å². The van der Waals surface area contributed by atoms with Crippen LogP contribution in [0, 0.1) is 5.92 Å². The summed E-state index contributed by atoms with van der Waals surface area (Å²) in [4.78, 5) is 11.8. The van der Waals surface area contributed by atoms with Gasteiger partial charge in [0.15, 0.2) is 0 Å².